The molecule has 0 unspecified atom stereocenters. The van der Waals surface area contributed by atoms with E-state index in [1.165, 1.54) is 16.9 Å². The first kappa shape index (κ1) is 14.6. The number of carbonyl (C=O) groups is 1. The molecule has 6 heteroatoms. The van der Waals surface area contributed by atoms with E-state index in [2.05, 4.69) is 10.4 Å². The van der Waals surface area contributed by atoms with Crippen molar-refractivity contribution in [3.63, 3.8) is 0 Å². The summed E-state index contributed by atoms with van der Waals surface area (Å²) in [6.45, 7) is 0. The van der Waals surface area contributed by atoms with Crippen molar-refractivity contribution in [1.82, 2.24) is 9.78 Å². The van der Waals surface area contributed by atoms with Gasteiger partial charge in [0, 0.05) is 6.42 Å². The average molecular weight is 293 g/mol. The van der Waals surface area contributed by atoms with E-state index in [-0.39, 0.29) is 11.7 Å². The largest absolute Gasteiger partial charge is 0.323 e. The van der Waals surface area contributed by atoms with Crippen molar-refractivity contribution in [3.8, 4) is 5.69 Å². The third-order valence-electron chi connectivity index (χ3n) is 2.72. The van der Waals surface area contributed by atoms with Gasteiger partial charge in [-0.15, -0.1) is 0 Å². The number of benzene rings is 1. The van der Waals surface area contributed by atoms with Gasteiger partial charge in [-0.2, -0.15) is 16.9 Å². The molecule has 106 valence electrons. The van der Waals surface area contributed by atoms with Gasteiger partial charge in [-0.1, -0.05) is 12.1 Å². The number of carbonyl (C=O) groups excluding carboxylic acids is 1. The summed E-state index contributed by atoms with van der Waals surface area (Å²) in [7, 11) is 0. The molecule has 1 heterocycles. The highest BCUT2D eigenvalue weighted by molar-refractivity contribution is 7.98. The summed E-state index contributed by atoms with van der Waals surface area (Å²) in [5, 5.41) is 6.81. The molecule has 20 heavy (non-hydrogen) atoms. The van der Waals surface area contributed by atoms with E-state index >= 15 is 0 Å². The van der Waals surface area contributed by atoms with Crippen LogP contribution in [0, 0.1) is 5.82 Å². The normalized spacial score (nSPS) is 10.5. The summed E-state index contributed by atoms with van der Waals surface area (Å²) in [6.07, 6.45) is 6.44. The Hall–Kier alpha value is -1.82. The van der Waals surface area contributed by atoms with Crippen molar-refractivity contribution in [3.05, 3.63) is 42.5 Å². The van der Waals surface area contributed by atoms with Crippen LogP contribution in [0.2, 0.25) is 0 Å². The first-order chi connectivity index (χ1) is 9.70. The van der Waals surface area contributed by atoms with Crippen LogP contribution in [-0.2, 0) is 4.79 Å². The first-order valence-electron chi connectivity index (χ1n) is 6.29. The van der Waals surface area contributed by atoms with Gasteiger partial charge in [0.15, 0.2) is 0 Å². The van der Waals surface area contributed by atoms with Gasteiger partial charge in [-0.05, 0) is 30.6 Å². The molecule has 0 saturated heterocycles. The van der Waals surface area contributed by atoms with Crippen LogP contribution < -0.4 is 5.32 Å². The van der Waals surface area contributed by atoms with E-state index in [4.69, 9.17) is 0 Å². The van der Waals surface area contributed by atoms with Crippen molar-refractivity contribution in [1.29, 1.82) is 0 Å². The van der Waals surface area contributed by atoms with Crippen LogP contribution in [0.4, 0.5) is 10.1 Å². The fourth-order valence-electron chi connectivity index (χ4n) is 1.76. The molecule has 0 fully saturated rings. The Morgan fingerprint density at radius 1 is 1.45 bits per heavy atom. The number of hydrogen-bond acceptors (Lipinski definition) is 3. The number of thioether (sulfide) groups is 1. The molecule has 1 N–H and O–H groups in total. The number of anilines is 1. The standard InChI is InChI=1S/C14H16FN3OS/c1-20-8-4-7-14(19)17-11-9-16-18(10-11)13-6-3-2-5-12(13)15/h2-3,5-6,9-10H,4,7-8H2,1H3,(H,17,19). The van der Waals surface area contributed by atoms with Gasteiger partial charge in [-0.3, -0.25) is 4.79 Å². The van der Waals surface area contributed by atoms with Crippen LogP contribution in [0.1, 0.15) is 12.8 Å². The summed E-state index contributed by atoms with van der Waals surface area (Å²) in [5.41, 5.74) is 0.929. The van der Waals surface area contributed by atoms with Crippen molar-refractivity contribution < 1.29 is 9.18 Å². The zero-order valence-corrected chi connectivity index (χ0v) is 12.0. The van der Waals surface area contributed by atoms with E-state index in [1.807, 2.05) is 6.26 Å². The third kappa shape index (κ3) is 3.84. The highest BCUT2D eigenvalue weighted by Gasteiger charge is 2.07. The maximum absolute atomic E-state index is 13.6. The molecule has 0 aliphatic heterocycles. The highest BCUT2D eigenvalue weighted by Crippen LogP contribution is 2.15. The van der Waals surface area contributed by atoms with Crippen molar-refractivity contribution in [2.75, 3.05) is 17.3 Å². The SMILES string of the molecule is CSCCCC(=O)Nc1cnn(-c2ccccc2F)c1. The Balaban J connectivity index is 1.99. The summed E-state index contributed by atoms with van der Waals surface area (Å²) >= 11 is 1.71. The van der Waals surface area contributed by atoms with E-state index in [0.29, 0.717) is 17.8 Å². The number of rotatable bonds is 6. The topological polar surface area (TPSA) is 46.9 Å². The number of nitrogens with one attached hydrogen (secondary N) is 1. The van der Waals surface area contributed by atoms with Crippen molar-refractivity contribution in [2.45, 2.75) is 12.8 Å². The molecule has 2 rings (SSSR count). The minimum atomic E-state index is -0.353. The van der Waals surface area contributed by atoms with Gasteiger partial charge in [0.25, 0.3) is 0 Å². The molecular weight excluding hydrogens is 277 g/mol. The van der Waals surface area contributed by atoms with E-state index in [0.717, 1.165) is 12.2 Å². The van der Waals surface area contributed by atoms with E-state index in [1.54, 1.807) is 36.2 Å². The predicted octanol–water partition coefficient (Wildman–Crippen LogP) is 3.09. The van der Waals surface area contributed by atoms with Crippen LogP contribution >= 0.6 is 11.8 Å². The number of aromatic nitrogens is 2. The molecule has 2 aromatic rings. The fraction of sp³-hybridized carbons (Fsp3) is 0.286. The second kappa shape index (κ2) is 7.09. The number of nitrogens with zero attached hydrogens (tertiary/aromatic N) is 2. The summed E-state index contributed by atoms with van der Waals surface area (Å²) in [4.78, 5) is 11.7. The van der Waals surface area contributed by atoms with E-state index < -0.39 is 0 Å². The van der Waals surface area contributed by atoms with Gasteiger partial charge in [-0.25, -0.2) is 9.07 Å². The molecule has 4 nitrogen and oxygen atoms in total. The van der Waals surface area contributed by atoms with Gasteiger partial charge >= 0.3 is 0 Å². The van der Waals surface area contributed by atoms with Crippen LogP contribution in [0.3, 0.4) is 0 Å². The van der Waals surface area contributed by atoms with Crippen molar-refractivity contribution in [2.24, 2.45) is 0 Å². The Labute approximate surface area is 121 Å². The van der Waals surface area contributed by atoms with Gasteiger partial charge in [0.1, 0.15) is 11.5 Å². The van der Waals surface area contributed by atoms with Gasteiger partial charge in [0.2, 0.25) is 5.91 Å². The lowest BCUT2D eigenvalue weighted by Crippen LogP contribution is -2.10. The second-order valence-electron chi connectivity index (χ2n) is 4.27. The smallest absolute Gasteiger partial charge is 0.224 e. The molecule has 0 spiro atoms. The zero-order valence-electron chi connectivity index (χ0n) is 11.2. The minimum Gasteiger partial charge on any atom is -0.323 e. The molecule has 0 aliphatic rings. The molecule has 1 aromatic carbocycles. The quantitative estimate of drug-likeness (QED) is 0.833. The van der Waals surface area contributed by atoms with Crippen LogP contribution in [0.5, 0.6) is 0 Å². The number of halogens is 1. The second-order valence-corrected chi connectivity index (χ2v) is 5.26. The van der Waals surface area contributed by atoms with Crippen LogP contribution in [0.15, 0.2) is 36.7 Å². The lowest BCUT2D eigenvalue weighted by molar-refractivity contribution is -0.116. The first-order valence-corrected chi connectivity index (χ1v) is 7.68. The monoisotopic (exact) mass is 293 g/mol. The van der Waals surface area contributed by atoms with E-state index in [9.17, 15) is 9.18 Å². The fourth-order valence-corrected chi connectivity index (χ4v) is 2.19. The maximum Gasteiger partial charge on any atom is 0.224 e. The summed E-state index contributed by atoms with van der Waals surface area (Å²) in [6, 6.07) is 6.36. The Morgan fingerprint density at radius 3 is 3.00 bits per heavy atom. The molecule has 0 saturated carbocycles. The van der Waals surface area contributed by atoms with Crippen molar-refractivity contribution >= 4 is 23.4 Å². The lowest BCUT2D eigenvalue weighted by Gasteiger charge is -2.03. The van der Waals surface area contributed by atoms with Gasteiger partial charge in [0.05, 0.1) is 18.1 Å². The number of hydrogen-bond donors (Lipinski definition) is 1. The predicted molar refractivity (Wildman–Crippen MR) is 79.8 cm³/mol. The third-order valence-corrected chi connectivity index (χ3v) is 3.41. The molecule has 0 bridgehead atoms. The molecular formula is C14H16FN3OS. The molecule has 0 atom stereocenters. The van der Waals surface area contributed by atoms with Crippen LogP contribution in [0.25, 0.3) is 5.69 Å². The molecule has 1 amide bonds. The Kier molecular flexibility index (Phi) is 5.17. The molecule has 0 aliphatic carbocycles. The molecule has 1 aromatic heterocycles. The zero-order chi connectivity index (χ0) is 14.4. The average Bonchev–Trinajstić information content (AvgIpc) is 2.88. The Morgan fingerprint density at radius 2 is 2.25 bits per heavy atom. The summed E-state index contributed by atoms with van der Waals surface area (Å²) in [5.74, 6) is 0.558. The lowest BCUT2D eigenvalue weighted by atomic mass is 10.3. The van der Waals surface area contributed by atoms with Gasteiger partial charge < -0.3 is 5.32 Å². The highest BCUT2D eigenvalue weighted by atomic mass is 32.2. The number of para-hydroxylation sites is 1. The van der Waals surface area contributed by atoms with Crippen LogP contribution in [-0.4, -0.2) is 27.7 Å². The summed E-state index contributed by atoms with van der Waals surface area (Å²) < 4.78 is 15.0. The number of amides is 1. The Bertz CT molecular complexity index is 585. The molecule has 0 radical (unpaired) electrons. The minimum absolute atomic E-state index is 0.0490. The maximum atomic E-state index is 13.6.